The largest absolute Gasteiger partial charge is 0.420 e. The summed E-state index contributed by atoms with van der Waals surface area (Å²) in [4.78, 5) is 31.0. The fourth-order valence-corrected chi connectivity index (χ4v) is 4.32. The lowest BCUT2D eigenvalue weighted by atomic mass is 10.0. The molecule has 2 heterocycles. The number of hydrogen-bond donors (Lipinski definition) is 1. The molecule has 1 aromatic heterocycles. The summed E-state index contributed by atoms with van der Waals surface area (Å²) in [7, 11) is 1.55. The Balaban J connectivity index is 1.95. The van der Waals surface area contributed by atoms with E-state index in [1.54, 1.807) is 19.2 Å². The van der Waals surface area contributed by atoms with Gasteiger partial charge in [0.2, 0.25) is 5.91 Å². The van der Waals surface area contributed by atoms with Crippen LogP contribution in [-0.4, -0.2) is 34.5 Å². The third-order valence-electron chi connectivity index (χ3n) is 5.62. The predicted octanol–water partition coefficient (Wildman–Crippen LogP) is 4.10. The van der Waals surface area contributed by atoms with Crippen molar-refractivity contribution in [2.45, 2.75) is 44.8 Å². The number of thiocarbonyl (C=S) groups is 1. The van der Waals surface area contributed by atoms with E-state index in [-0.39, 0.29) is 11.0 Å². The Morgan fingerprint density at radius 2 is 1.94 bits per heavy atom. The number of benzene rings is 1. The van der Waals surface area contributed by atoms with Gasteiger partial charge in [-0.1, -0.05) is 0 Å². The van der Waals surface area contributed by atoms with Crippen LogP contribution in [0.3, 0.4) is 0 Å². The number of pyridine rings is 1. The standard InChI is InChI=1S/C23H21F4N5O2S/c1-22(2)20(34)31(16-10-7-13(11-28)18(19(16)24)23(25,26)27)21(35)32(22)15-9-8-14(30-12-15)5-4-6-17(33)29-3/h7-10,12H,4-6H2,1-3H3,(H,29,33). The third-order valence-corrected chi connectivity index (χ3v) is 5.98. The lowest BCUT2D eigenvalue weighted by Gasteiger charge is -2.29. The van der Waals surface area contributed by atoms with Crippen molar-refractivity contribution in [2.24, 2.45) is 0 Å². The molecule has 0 radical (unpaired) electrons. The van der Waals surface area contributed by atoms with E-state index >= 15 is 4.39 Å². The minimum atomic E-state index is -5.15. The van der Waals surface area contributed by atoms with E-state index in [0.29, 0.717) is 35.5 Å². The molecule has 2 aromatic rings. The van der Waals surface area contributed by atoms with Crippen molar-refractivity contribution >= 4 is 40.5 Å². The minimum absolute atomic E-state index is 0.0897. The molecule has 2 amide bonds. The zero-order valence-corrected chi connectivity index (χ0v) is 19.9. The van der Waals surface area contributed by atoms with Crippen molar-refractivity contribution in [3.63, 3.8) is 0 Å². The van der Waals surface area contributed by atoms with Gasteiger partial charge in [-0.3, -0.25) is 19.5 Å². The van der Waals surface area contributed by atoms with Gasteiger partial charge < -0.3 is 10.2 Å². The number of carbonyl (C=O) groups excluding carboxylic acids is 2. The Kier molecular flexibility index (Phi) is 7.12. The molecule has 7 nitrogen and oxygen atoms in total. The van der Waals surface area contributed by atoms with Crippen LogP contribution in [0.5, 0.6) is 0 Å². The smallest absolute Gasteiger partial charge is 0.359 e. The van der Waals surface area contributed by atoms with E-state index in [2.05, 4.69) is 10.3 Å². The molecule has 0 aliphatic carbocycles. The number of anilines is 2. The van der Waals surface area contributed by atoms with Gasteiger partial charge in [0.15, 0.2) is 10.9 Å². The minimum Gasteiger partial charge on any atom is -0.359 e. The summed E-state index contributed by atoms with van der Waals surface area (Å²) in [5.74, 6) is -2.59. The molecule has 184 valence electrons. The maximum Gasteiger partial charge on any atom is 0.420 e. The Labute approximate surface area is 204 Å². The van der Waals surface area contributed by atoms with E-state index < -0.39 is 40.3 Å². The summed E-state index contributed by atoms with van der Waals surface area (Å²) in [6.45, 7) is 3.01. The lowest BCUT2D eigenvalue weighted by molar-refractivity contribution is -0.140. The Hall–Kier alpha value is -3.59. The first-order chi connectivity index (χ1) is 16.3. The van der Waals surface area contributed by atoms with Crippen molar-refractivity contribution < 1.29 is 27.2 Å². The van der Waals surface area contributed by atoms with E-state index in [9.17, 15) is 22.8 Å². The van der Waals surface area contributed by atoms with Crippen molar-refractivity contribution in [1.29, 1.82) is 5.26 Å². The molecule has 0 atom stereocenters. The average molecular weight is 508 g/mol. The second kappa shape index (κ2) is 9.58. The number of carbonyl (C=O) groups is 2. The molecular weight excluding hydrogens is 486 g/mol. The maximum absolute atomic E-state index is 15.1. The molecule has 1 aliphatic heterocycles. The van der Waals surface area contributed by atoms with Gasteiger partial charge in [0, 0.05) is 19.2 Å². The number of aromatic nitrogens is 1. The van der Waals surface area contributed by atoms with Gasteiger partial charge in [-0.25, -0.2) is 4.39 Å². The van der Waals surface area contributed by atoms with Crippen molar-refractivity contribution in [2.75, 3.05) is 16.8 Å². The highest BCUT2D eigenvalue weighted by molar-refractivity contribution is 7.81. The molecule has 1 N–H and O–H groups in total. The van der Waals surface area contributed by atoms with E-state index in [0.717, 1.165) is 12.1 Å². The maximum atomic E-state index is 15.1. The lowest BCUT2D eigenvalue weighted by Crippen LogP contribution is -2.44. The summed E-state index contributed by atoms with van der Waals surface area (Å²) >= 11 is 5.40. The molecule has 1 fully saturated rings. The van der Waals surface area contributed by atoms with Crippen LogP contribution in [0.25, 0.3) is 0 Å². The van der Waals surface area contributed by atoms with Crippen LogP contribution in [0.1, 0.15) is 43.5 Å². The number of amides is 2. The van der Waals surface area contributed by atoms with E-state index in [1.807, 2.05) is 0 Å². The zero-order valence-electron chi connectivity index (χ0n) is 19.0. The SMILES string of the molecule is CNC(=O)CCCc1ccc(N2C(=S)N(c3ccc(C#N)c(C(F)(F)F)c3F)C(=O)C2(C)C)cn1. The Morgan fingerprint density at radius 3 is 2.49 bits per heavy atom. The number of nitriles is 1. The summed E-state index contributed by atoms with van der Waals surface area (Å²) < 4.78 is 55.5. The number of halogens is 4. The third kappa shape index (κ3) is 4.81. The quantitative estimate of drug-likeness (QED) is 0.468. The first kappa shape index (κ1) is 26.0. The number of hydrogen-bond acceptors (Lipinski definition) is 5. The molecule has 1 aliphatic rings. The monoisotopic (exact) mass is 507 g/mol. The molecule has 0 saturated carbocycles. The van der Waals surface area contributed by atoms with Crippen molar-refractivity contribution in [1.82, 2.24) is 10.3 Å². The molecule has 0 spiro atoms. The molecular formula is C23H21F4N5O2S. The van der Waals surface area contributed by atoms with Crippen molar-refractivity contribution in [3.05, 3.63) is 53.1 Å². The van der Waals surface area contributed by atoms with Crippen LogP contribution in [0, 0.1) is 17.1 Å². The van der Waals surface area contributed by atoms with E-state index in [1.165, 1.54) is 31.0 Å². The Morgan fingerprint density at radius 1 is 1.26 bits per heavy atom. The molecule has 1 aromatic carbocycles. The van der Waals surface area contributed by atoms with Gasteiger partial charge in [0.05, 0.1) is 29.2 Å². The summed E-state index contributed by atoms with van der Waals surface area (Å²) in [5, 5.41) is 11.3. The topological polar surface area (TPSA) is 89.3 Å². The van der Waals surface area contributed by atoms with Crippen molar-refractivity contribution in [3.8, 4) is 6.07 Å². The fraction of sp³-hybridized carbons (Fsp3) is 0.348. The summed E-state index contributed by atoms with van der Waals surface area (Å²) in [6.07, 6.45) is -2.25. The van der Waals surface area contributed by atoms with Gasteiger partial charge in [0.1, 0.15) is 11.1 Å². The number of nitrogens with zero attached hydrogens (tertiary/aromatic N) is 4. The van der Waals surface area contributed by atoms with E-state index in [4.69, 9.17) is 17.5 Å². The van der Waals surface area contributed by atoms with Crippen LogP contribution in [0.2, 0.25) is 0 Å². The van der Waals surface area contributed by atoms with Gasteiger partial charge in [-0.05, 0) is 63.2 Å². The molecule has 12 heteroatoms. The molecule has 3 rings (SSSR count). The molecule has 0 unspecified atom stereocenters. The fourth-order valence-electron chi connectivity index (χ4n) is 3.80. The van der Waals surface area contributed by atoms with Crippen LogP contribution >= 0.6 is 12.2 Å². The molecule has 35 heavy (non-hydrogen) atoms. The first-order valence-corrected chi connectivity index (χ1v) is 10.9. The predicted molar refractivity (Wildman–Crippen MR) is 124 cm³/mol. The van der Waals surface area contributed by atoms with Gasteiger partial charge in [-0.15, -0.1) is 0 Å². The number of rotatable bonds is 6. The number of alkyl halides is 3. The average Bonchev–Trinajstić information content (AvgIpc) is 2.97. The van der Waals surface area contributed by atoms with Gasteiger partial charge in [0.25, 0.3) is 5.91 Å². The zero-order chi connectivity index (χ0) is 26.1. The van der Waals surface area contributed by atoms with Crippen LogP contribution < -0.4 is 15.1 Å². The van der Waals surface area contributed by atoms with Gasteiger partial charge >= 0.3 is 6.18 Å². The van der Waals surface area contributed by atoms with Crippen LogP contribution in [0.4, 0.5) is 28.9 Å². The highest BCUT2D eigenvalue weighted by atomic mass is 32.1. The Bertz CT molecular complexity index is 1220. The summed E-state index contributed by atoms with van der Waals surface area (Å²) in [5.41, 5.74) is -3.64. The summed E-state index contributed by atoms with van der Waals surface area (Å²) in [6, 6.07) is 6.40. The molecule has 0 bridgehead atoms. The van der Waals surface area contributed by atoms with Crippen LogP contribution in [-0.2, 0) is 22.2 Å². The van der Waals surface area contributed by atoms with Gasteiger partial charge in [-0.2, -0.15) is 18.4 Å². The normalized spacial score (nSPS) is 15.4. The first-order valence-electron chi connectivity index (χ1n) is 10.5. The number of nitrogens with one attached hydrogen (secondary N) is 1. The second-order valence-corrected chi connectivity index (χ2v) is 8.65. The highest BCUT2D eigenvalue weighted by Gasteiger charge is 2.52. The number of aryl methyl sites for hydroxylation is 1. The second-order valence-electron chi connectivity index (χ2n) is 8.28. The highest BCUT2D eigenvalue weighted by Crippen LogP contribution is 2.41. The van der Waals surface area contributed by atoms with Crippen LogP contribution in [0.15, 0.2) is 30.5 Å². The molecule has 1 saturated heterocycles.